The van der Waals surface area contributed by atoms with Crippen molar-refractivity contribution in [1.29, 1.82) is 0 Å². The van der Waals surface area contributed by atoms with E-state index in [0.29, 0.717) is 5.25 Å². The van der Waals surface area contributed by atoms with Gasteiger partial charge in [0.25, 0.3) is 0 Å². The lowest BCUT2D eigenvalue weighted by Crippen LogP contribution is -2.38. The Hall–Kier alpha value is -0.220. The molecule has 0 radical (unpaired) electrons. The van der Waals surface area contributed by atoms with Gasteiger partial charge >= 0.3 is 5.97 Å². The molecule has 2 fully saturated rings. The third-order valence-corrected chi connectivity index (χ3v) is 4.41. The fourth-order valence-electron chi connectivity index (χ4n) is 2.39. The van der Waals surface area contributed by atoms with Crippen LogP contribution in [0.15, 0.2) is 0 Å². The fourth-order valence-corrected chi connectivity index (χ4v) is 3.95. The minimum atomic E-state index is -0.696. The molecule has 0 spiro atoms. The van der Waals surface area contributed by atoms with Gasteiger partial charge in [-0.25, -0.2) is 0 Å². The minimum absolute atomic E-state index is 0.0683. The number of ether oxygens (including phenoxy) is 1. The molecule has 0 aromatic heterocycles. The van der Waals surface area contributed by atoms with Gasteiger partial charge in [0.15, 0.2) is 0 Å². The lowest BCUT2D eigenvalue weighted by atomic mass is 9.86. The monoisotopic (exact) mass is 216 g/mol. The predicted octanol–water partition coefficient (Wildman–Crippen LogP) is 2.11. The summed E-state index contributed by atoms with van der Waals surface area (Å²) in [6.45, 7) is 4.05. The molecule has 1 saturated carbocycles. The Morgan fingerprint density at radius 1 is 1.50 bits per heavy atom. The van der Waals surface area contributed by atoms with Crippen molar-refractivity contribution in [2.45, 2.75) is 49.4 Å². The summed E-state index contributed by atoms with van der Waals surface area (Å²) in [6, 6.07) is 0. The maximum atomic E-state index is 11.0. The zero-order valence-electron chi connectivity index (χ0n) is 8.53. The van der Waals surface area contributed by atoms with Gasteiger partial charge in [-0.15, -0.1) is 11.8 Å². The normalized spacial score (nSPS) is 40.6. The smallest absolute Gasteiger partial charge is 0.309 e. The maximum absolute atomic E-state index is 11.0. The van der Waals surface area contributed by atoms with Crippen molar-refractivity contribution in [3.63, 3.8) is 0 Å². The van der Waals surface area contributed by atoms with Gasteiger partial charge in [-0.2, -0.15) is 0 Å². The minimum Gasteiger partial charge on any atom is -0.481 e. The van der Waals surface area contributed by atoms with Gasteiger partial charge in [-0.3, -0.25) is 4.79 Å². The topological polar surface area (TPSA) is 46.5 Å². The van der Waals surface area contributed by atoms with Crippen LogP contribution in [-0.4, -0.2) is 27.4 Å². The van der Waals surface area contributed by atoms with Crippen LogP contribution in [0.1, 0.15) is 33.1 Å². The van der Waals surface area contributed by atoms with Crippen LogP contribution in [-0.2, 0) is 9.53 Å². The average molecular weight is 216 g/mol. The fraction of sp³-hybridized carbons (Fsp3) is 0.900. The number of carboxylic acid groups (broad SMARTS) is 1. The van der Waals surface area contributed by atoms with Crippen molar-refractivity contribution in [1.82, 2.24) is 0 Å². The highest BCUT2D eigenvalue weighted by atomic mass is 32.2. The number of carbonyl (C=O) groups is 1. The molecule has 3 unspecified atom stereocenters. The Bertz CT molecular complexity index is 252. The molecule has 3 atom stereocenters. The summed E-state index contributed by atoms with van der Waals surface area (Å²) < 4.78 is 5.81. The molecule has 3 nitrogen and oxygen atoms in total. The van der Waals surface area contributed by atoms with Crippen molar-refractivity contribution in [2.75, 3.05) is 0 Å². The number of carboxylic acids is 1. The summed E-state index contributed by atoms with van der Waals surface area (Å²) in [5, 5.41) is 9.46. The van der Waals surface area contributed by atoms with Gasteiger partial charge in [0.05, 0.1) is 12.0 Å². The van der Waals surface area contributed by atoms with Crippen LogP contribution >= 0.6 is 11.8 Å². The summed E-state index contributed by atoms with van der Waals surface area (Å²) in [4.78, 5) is 10.8. The van der Waals surface area contributed by atoms with Crippen molar-refractivity contribution in [3.05, 3.63) is 0 Å². The molecule has 0 bridgehead atoms. The molecule has 80 valence electrons. The molecule has 14 heavy (non-hydrogen) atoms. The molecule has 1 aliphatic heterocycles. The molecule has 1 N–H and O–H groups in total. The van der Waals surface area contributed by atoms with Crippen LogP contribution in [0.3, 0.4) is 0 Å². The van der Waals surface area contributed by atoms with Crippen molar-refractivity contribution >= 4 is 17.7 Å². The number of aliphatic carboxylic acids is 1. The summed E-state index contributed by atoms with van der Waals surface area (Å²) in [5.41, 5.74) is 0. The largest absolute Gasteiger partial charge is 0.481 e. The number of hydrogen-bond acceptors (Lipinski definition) is 3. The van der Waals surface area contributed by atoms with E-state index in [-0.39, 0.29) is 17.0 Å². The summed E-state index contributed by atoms with van der Waals surface area (Å²) in [7, 11) is 0. The number of rotatable bonds is 1. The second-order valence-corrected chi connectivity index (χ2v) is 6.34. The first-order valence-electron chi connectivity index (χ1n) is 5.08. The first-order chi connectivity index (χ1) is 6.49. The Kier molecular flexibility index (Phi) is 2.52. The standard InChI is InChI=1S/C10H16O3S/c1-10(2)13-8-6(9(11)12)4-3-5-7(8)14-10/h6-8H,3-5H2,1-2H3,(H,11,12). The predicted molar refractivity (Wildman–Crippen MR) is 55.3 cm³/mol. The van der Waals surface area contributed by atoms with E-state index in [1.807, 2.05) is 13.8 Å². The maximum Gasteiger partial charge on any atom is 0.309 e. The first-order valence-corrected chi connectivity index (χ1v) is 5.96. The van der Waals surface area contributed by atoms with E-state index in [1.165, 1.54) is 0 Å². The van der Waals surface area contributed by atoms with E-state index in [1.54, 1.807) is 11.8 Å². The number of thioether (sulfide) groups is 1. The van der Waals surface area contributed by atoms with Crippen molar-refractivity contribution < 1.29 is 14.6 Å². The first kappa shape index (κ1) is 10.3. The Morgan fingerprint density at radius 2 is 2.21 bits per heavy atom. The lowest BCUT2D eigenvalue weighted by Gasteiger charge is -2.29. The van der Waals surface area contributed by atoms with E-state index in [0.717, 1.165) is 19.3 Å². The molecule has 2 rings (SSSR count). The van der Waals surface area contributed by atoms with Crippen LogP contribution in [0, 0.1) is 5.92 Å². The van der Waals surface area contributed by atoms with Crippen molar-refractivity contribution in [2.24, 2.45) is 5.92 Å². The van der Waals surface area contributed by atoms with E-state index in [2.05, 4.69) is 0 Å². The number of fused-ring (bicyclic) bond motifs is 1. The second kappa shape index (κ2) is 3.42. The van der Waals surface area contributed by atoms with Crippen LogP contribution in [0.25, 0.3) is 0 Å². The van der Waals surface area contributed by atoms with Gasteiger partial charge in [-0.1, -0.05) is 6.42 Å². The second-order valence-electron chi connectivity index (χ2n) is 4.51. The van der Waals surface area contributed by atoms with E-state index >= 15 is 0 Å². The van der Waals surface area contributed by atoms with Gasteiger partial charge < -0.3 is 9.84 Å². The highest BCUT2D eigenvalue weighted by molar-refractivity contribution is 8.01. The molecule has 2 aliphatic rings. The quantitative estimate of drug-likeness (QED) is 0.729. The van der Waals surface area contributed by atoms with Crippen molar-refractivity contribution in [3.8, 4) is 0 Å². The molecule has 1 heterocycles. The zero-order valence-corrected chi connectivity index (χ0v) is 9.34. The van der Waals surface area contributed by atoms with E-state index in [4.69, 9.17) is 9.84 Å². The van der Waals surface area contributed by atoms with Crippen LogP contribution < -0.4 is 0 Å². The van der Waals surface area contributed by atoms with Gasteiger partial charge in [-0.05, 0) is 26.7 Å². The summed E-state index contributed by atoms with van der Waals surface area (Å²) in [5.74, 6) is -0.985. The third-order valence-electron chi connectivity index (χ3n) is 2.94. The SMILES string of the molecule is CC1(C)OC2C(CCCC2C(=O)O)S1. The zero-order chi connectivity index (χ0) is 10.3. The summed E-state index contributed by atoms with van der Waals surface area (Å²) in [6.07, 6.45) is 2.82. The Labute approximate surface area is 88.2 Å². The van der Waals surface area contributed by atoms with Gasteiger partial charge in [0, 0.05) is 5.25 Å². The Morgan fingerprint density at radius 3 is 2.86 bits per heavy atom. The van der Waals surface area contributed by atoms with E-state index in [9.17, 15) is 4.79 Å². The molecule has 1 saturated heterocycles. The molecule has 0 aromatic rings. The third kappa shape index (κ3) is 1.77. The number of hydrogen-bond donors (Lipinski definition) is 1. The van der Waals surface area contributed by atoms with Crippen LogP contribution in [0.4, 0.5) is 0 Å². The van der Waals surface area contributed by atoms with Gasteiger partial charge in [0.2, 0.25) is 0 Å². The molecular formula is C10H16O3S. The molecule has 1 aliphatic carbocycles. The highest BCUT2D eigenvalue weighted by Gasteiger charge is 2.48. The molecule has 4 heteroatoms. The van der Waals surface area contributed by atoms with E-state index < -0.39 is 5.97 Å². The highest BCUT2D eigenvalue weighted by Crippen LogP contribution is 2.48. The molecular weight excluding hydrogens is 200 g/mol. The Balaban J connectivity index is 2.14. The molecule has 0 aromatic carbocycles. The van der Waals surface area contributed by atoms with Crippen LogP contribution in [0.5, 0.6) is 0 Å². The lowest BCUT2D eigenvalue weighted by molar-refractivity contribution is -0.150. The van der Waals surface area contributed by atoms with Crippen LogP contribution in [0.2, 0.25) is 0 Å². The van der Waals surface area contributed by atoms with Gasteiger partial charge in [0.1, 0.15) is 4.93 Å². The average Bonchev–Trinajstić information content (AvgIpc) is 2.36. The summed E-state index contributed by atoms with van der Waals surface area (Å²) >= 11 is 1.79. The molecule has 0 amide bonds.